The molecular weight excluding hydrogens is 286 g/mol. The number of aryl methyl sites for hydroxylation is 1. The van der Waals surface area contributed by atoms with Crippen LogP contribution in [0, 0.1) is 6.92 Å². The first-order valence-electron chi connectivity index (χ1n) is 7.40. The summed E-state index contributed by atoms with van der Waals surface area (Å²) in [4.78, 5) is 23.2. The third-order valence-electron chi connectivity index (χ3n) is 3.62. The molecule has 120 valence electrons. The van der Waals surface area contributed by atoms with E-state index >= 15 is 0 Å². The number of aromatic carboxylic acids is 1. The summed E-state index contributed by atoms with van der Waals surface area (Å²) in [6, 6.07) is 4.90. The van der Waals surface area contributed by atoms with Gasteiger partial charge in [0.25, 0.3) is 0 Å². The lowest BCUT2D eigenvalue weighted by Gasteiger charge is -2.22. The lowest BCUT2D eigenvalue weighted by molar-refractivity contribution is -0.118. The van der Waals surface area contributed by atoms with Crippen LogP contribution in [0.25, 0.3) is 0 Å². The minimum atomic E-state index is -1.06. The fourth-order valence-corrected chi connectivity index (χ4v) is 2.37. The van der Waals surface area contributed by atoms with E-state index in [1.165, 1.54) is 6.07 Å². The summed E-state index contributed by atoms with van der Waals surface area (Å²) in [7, 11) is 0. The van der Waals surface area contributed by atoms with Gasteiger partial charge in [-0.2, -0.15) is 0 Å². The van der Waals surface area contributed by atoms with Crippen molar-refractivity contribution in [1.82, 2.24) is 0 Å². The number of carboxylic acids is 1. The molecule has 0 unspecified atom stereocenters. The zero-order valence-electron chi connectivity index (χ0n) is 12.6. The lowest BCUT2D eigenvalue weighted by Crippen LogP contribution is -2.25. The number of para-hydroxylation sites is 1. The third kappa shape index (κ3) is 4.54. The Bertz CT molecular complexity index is 537. The molecule has 1 aliphatic heterocycles. The highest BCUT2D eigenvalue weighted by molar-refractivity contribution is 6.01. The molecule has 0 aliphatic carbocycles. The number of amides is 1. The molecule has 0 aromatic heterocycles. The Kier molecular flexibility index (Phi) is 5.91. The standard InChI is InChI=1S/C16H21NO5/c1-11-3-2-4-13(16(19)20)15(11)17-14(18)7-10-22-12-5-8-21-9-6-12/h2-4,12H,5-10H2,1H3,(H,17,18)(H,19,20). The smallest absolute Gasteiger partial charge is 0.337 e. The molecule has 1 aromatic rings. The maximum absolute atomic E-state index is 12.0. The van der Waals surface area contributed by atoms with Crippen molar-refractivity contribution in [2.45, 2.75) is 32.3 Å². The highest BCUT2D eigenvalue weighted by atomic mass is 16.5. The fraction of sp³-hybridized carbons (Fsp3) is 0.500. The number of nitrogens with one attached hydrogen (secondary N) is 1. The quantitative estimate of drug-likeness (QED) is 0.841. The molecule has 0 saturated carbocycles. The molecule has 0 atom stereocenters. The number of carbonyl (C=O) groups is 2. The van der Waals surface area contributed by atoms with Gasteiger partial charge in [0.1, 0.15) is 0 Å². The van der Waals surface area contributed by atoms with Gasteiger partial charge in [-0.25, -0.2) is 4.79 Å². The molecule has 1 fully saturated rings. The van der Waals surface area contributed by atoms with Gasteiger partial charge in [0.05, 0.1) is 30.4 Å². The van der Waals surface area contributed by atoms with Gasteiger partial charge in [0.2, 0.25) is 5.91 Å². The van der Waals surface area contributed by atoms with Crippen LogP contribution in [-0.2, 0) is 14.3 Å². The molecule has 22 heavy (non-hydrogen) atoms. The van der Waals surface area contributed by atoms with Crippen molar-refractivity contribution in [1.29, 1.82) is 0 Å². The Morgan fingerprint density at radius 3 is 2.77 bits per heavy atom. The fourth-order valence-electron chi connectivity index (χ4n) is 2.37. The topological polar surface area (TPSA) is 84.9 Å². The second-order valence-corrected chi connectivity index (χ2v) is 5.28. The van der Waals surface area contributed by atoms with Crippen molar-refractivity contribution in [3.8, 4) is 0 Å². The maximum atomic E-state index is 12.0. The zero-order valence-corrected chi connectivity index (χ0v) is 12.6. The number of ether oxygens (including phenoxy) is 2. The summed E-state index contributed by atoms with van der Waals surface area (Å²) in [5.74, 6) is -1.30. The van der Waals surface area contributed by atoms with E-state index in [0.29, 0.717) is 25.5 Å². The average molecular weight is 307 g/mol. The van der Waals surface area contributed by atoms with Gasteiger partial charge in [-0.15, -0.1) is 0 Å². The van der Waals surface area contributed by atoms with E-state index < -0.39 is 5.97 Å². The lowest BCUT2D eigenvalue weighted by atomic mass is 10.1. The van der Waals surface area contributed by atoms with E-state index in [-0.39, 0.29) is 24.0 Å². The highest BCUT2D eigenvalue weighted by Gasteiger charge is 2.16. The van der Waals surface area contributed by atoms with Crippen LogP contribution < -0.4 is 5.32 Å². The predicted molar refractivity (Wildman–Crippen MR) is 81.2 cm³/mol. The van der Waals surface area contributed by atoms with Gasteiger partial charge >= 0.3 is 5.97 Å². The number of benzene rings is 1. The first-order chi connectivity index (χ1) is 10.6. The van der Waals surface area contributed by atoms with Crippen LogP contribution in [-0.4, -0.2) is 42.9 Å². The molecule has 6 heteroatoms. The number of hydrogen-bond donors (Lipinski definition) is 2. The van der Waals surface area contributed by atoms with E-state index in [9.17, 15) is 9.59 Å². The second kappa shape index (κ2) is 7.91. The summed E-state index contributed by atoms with van der Waals surface area (Å²) >= 11 is 0. The largest absolute Gasteiger partial charge is 0.478 e. The molecule has 1 heterocycles. The van der Waals surface area contributed by atoms with Gasteiger partial charge in [-0.3, -0.25) is 4.79 Å². The summed E-state index contributed by atoms with van der Waals surface area (Å²) < 4.78 is 10.9. The van der Waals surface area contributed by atoms with Gasteiger partial charge < -0.3 is 19.9 Å². The Morgan fingerprint density at radius 2 is 2.09 bits per heavy atom. The van der Waals surface area contributed by atoms with Crippen LogP contribution in [0.2, 0.25) is 0 Å². The van der Waals surface area contributed by atoms with E-state index in [1.807, 2.05) is 0 Å². The molecule has 0 bridgehead atoms. The van der Waals surface area contributed by atoms with Gasteiger partial charge in [-0.05, 0) is 31.4 Å². The highest BCUT2D eigenvalue weighted by Crippen LogP contribution is 2.21. The maximum Gasteiger partial charge on any atom is 0.337 e. The summed E-state index contributed by atoms with van der Waals surface area (Å²) in [5, 5.41) is 11.8. The summed E-state index contributed by atoms with van der Waals surface area (Å²) in [6.07, 6.45) is 2.05. The van der Waals surface area contributed by atoms with Crippen LogP contribution in [0.1, 0.15) is 35.2 Å². The Balaban J connectivity index is 1.85. The van der Waals surface area contributed by atoms with E-state index in [2.05, 4.69) is 5.32 Å². The first-order valence-corrected chi connectivity index (χ1v) is 7.40. The average Bonchev–Trinajstić information content (AvgIpc) is 2.50. The molecule has 1 amide bonds. The Hall–Kier alpha value is -1.92. The molecule has 0 radical (unpaired) electrons. The van der Waals surface area contributed by atoms with Crippen molar-refractivity contribution < 1.29 is 24.2 Å². The number of hydrogen-bond acceptors (Lipinski definition) is 4. The molecular formula is C16H21NO5. The Labute approximate surface area is 129 Å². The van der Waals surface area contributed by atoms with Crippen molar-refractivity contribution in [3.63, 3.8) is 0 Å². The van der Waals surface area contributed by atoms with Crippen LogP contribution in [0.5, 0.6) is 0 Å². The van der Waals surface area contributed by atoms with Crippen LogP contribution >= 0.6 is 0 Å². The third-order valence-corrected chi connectivity index (χ3v) is 3.62. The SMILES string of the molecule is Cc1cccc(C(=O)O)c1NC(=O)CCOC1CCOCC1. The van der Waals surface area contributed by atoms with Gasteiger partial charge in [-0.1, -0.05) is 12.1 Å². The van der Waals surface area contributed by atoms with Crippen molar-refractivity contribution in [2.24, 2.45) is 0 Å². The molecule has 0 spiro atoms. The number of rotatable bonds is 6. The predicted octanol–water partition coefficient (Wildman–Crippen LogP) is 2.22. The minimum Gasteiger partial charge on any atom is -0.478 e. The zero-order chi connectivity index (χ0) is 15.9. The molecule has 1 aliphatic rings. The summed E-state index contributed by atoms with van der Waals surface area (Å²) in [6.45, 7) is 3.48. The van der Waals surface area contributed by atoms with E-state index in [0.717, 1.165) is 18.4 Å². The molecule has 2 rings (SSSR count). The van der Waals surface area contributed by atoms with Crippen molar-refractivity contribution >= 4 is 17.6 Å². The van der Waals surface area contributed by atoms with E-state index in [4.69, 9.17) is 14.6 Å². The molecule has 1 aromatic carbocycles. The normalized spacial score (nSPS) is 15.5. The van der Waals surface area contributed by atoms with Crippen LogP contribution in [0.3, 0.4) is 0 Å². The molecule has 1 saturated heterocycles. The van der Waals surface area contributed by atoms with Crippen molar-refractivity contribution in [3.05, 3.63) is 29.3 Å². The van der Waals surface area contributed by atoms with Gasteiger partial charge in [0.15, 0.2) is 0 Å². The number of anilines is 1. The van der Waals surface area contributed by atoms with Crippen LogP contribution in [0.4, 0.5) is 5.69 Å². The minimum absolute atomic E-state index is 0.0960. The second-order valence-electron chi connectivity index (χ2n) is 5.28. The Morgan fingerprint density at radius 1 is 1.36 bits per heavy atom. The molecule has 2 N–H and O–H groups in total. The number of carboxylic acid groups (broad SMARTS) is 1. The van der Waals surface area contributed by atoms with E-state index in [1.54, 1.807) is 19.1 Å². The van der Waals surface area contributed by atoms with Crippen molar-refractivity contribution in [2.75, 3.05) is 25.1 Å². The molecule has 6 nitrogen and oxygen atoms in total. The number of carbonyl (C=O) groups excluding carboxylic acids is 1. The monoisotopic (exact) mass is 307 g/mol. The van der Waals surface area contributed by atoms with Crippen LogP contribution in [0.15, 0.2) is 18.2 Å². The summed E-state index contributed by atoms with van der Waals surface area (Å²) in [5.41, 5.74) is 1.17. The first kappa shape index (κ1) is 16.5. The van der Waals surface area contributed by atoms with Gasteiger partial charge in [0, 0.05) is 13.2 Å².